The predicted molar refractivity (Wildman–Crippen MR) is 111 cm³/mol. The average Bonchev–Trinajstić information content (AvgIpc) is 3.42. The van der Waals surface area contributed by atoms with Gasteiger partial charge in [-0.1, -0.05) is 18.2 Å². The third kappa shape index (κ3) is 4.19. The Morgan fingerprint density at radius 2 is 2.00 bits per heavy atom. The minimum absolute atomic E-state index is 0.0812. The molecular formula is C22H17FN4O5. The molecule has 162 valence electrons. The number of amides is 1. The fourth-order valence-corrected chi connectivity index (χ4v) is 3.01. The zero-order chi connectivity index (χ0) is 22.7. The van der Waals surface area contributed by atoms with E-state index in [0.29, 0.717) is 17.0 Å². The number of non-ortho nitro benzene ring substituents is 1. The number of para-hydroxylation sites is 1. The van der Waals surface area contributed by atoms with E-state index in [4.69, 9.17) is 9.15 Å². The Labute approximate surface area is 181 Å². The van der Waals surface area contributed by atoms with Gasteiger partial charge in [-0.3, -0.25) is 14.9 Å². The van der Waals surface area contributed by atoms with E-state index >= 15 is 0 Å². The van der Waals surface area contributed by atoms with Gasteiger partial charge in [0.2, 0.25) is 5.88 Å². The highest BCUT2D eigenvalue weighted by molar-refractivity contribution is 5.94. The molecule has 0 saturated heterocycles. The van der Waals surface area contributed by atoms with E-state index < -0.39 is 22.3 Å². The molecule has 32 heavy (non-hydrogen) atoms. The number of nitro benzene ring substituents is 1. The summed E-state index contributed by atoms with van der Waals surface area (Å²) < 4.78 is 26.8. The molecule has 0 aliphatic rings. The van der Waals surface area contributed by atoms with Gasteiger partial charge in [0.1, 0.15) is 5.76 Å². The molecule has 0 aliphatic heterocycles. The van der Waals surface area contributed by atoms with E-state index in [0.717, 1.165) is 18.2 Å². The Bertz CT molecular complexity index is 1270. The highest BCUT2D eigenvalue weighted by atomic mass is 19.1. The molecule has 2 aromatic carbocycles. The van der Waals surface area contributed by atoms with Crippen molar-refractivity contribution < 1.29 is 23.3 Å². The quantitative estimate of drug-likeness (QED) is 0.336. The van der Waals surface area contributed by atoms with E-state index in [9.17, 15) is 19.3 Å². The first-order valence-corrected chi connectivity index (χ1v) is 9.51. The van der Waals surface area contributed by atoms with Crippen molar-refractivity contribution in [3.63, 3.8) is 0 Å². The van der Waals surface area contributed by atoms with Crippen molar-refractivity contribution in [3.8, 4) is 17.3 Å². The van der Waals surface area contributed by atoms with Gasteiger partial charge in [0.15, 0.2) is 17.3 Å². The molecule has 0 saturated carbocycles. The van der Waals surface area contributed by atoms with Crippen LogP contribution in [-0.4, -0.2) is 20.6 Å². The standard InChI is InChI=1S/C22H17FN4O5/c1-14-20(21(28)24-13-17-8-5-11-31-17)25-26(15-6-3-2-4-7-15)22(14)32-19-10-9-16(27(29)30)12-18(19)23/h2-12H,13H2,1H3,(H,24,28). The maximum atomic E-state index is 14.5. The SMILES string of the molecule is Cc1c(C(=O)NCc2ccco2)nn(-c2ccccc2)c1Oc1ccc([N+](=O)[O-])cc1F. The van der Waals surface area contributed by atoms with E-state index in [1.165, 1.54) is 10.9 Å². The lowest BCUT2D eigenvalue weighted by Crippen LogP contribution is -2.23. The summed E-state index contributed by atoms with van der Waals surface area (Å²) >= 11 is 0. The first kappa shape index (κ1) is 20.8. The van der Waals surface area contributed by atoms with Crippen LogP contribution in [0, 0.1) is 22.9 Å². The molecule has 0 fully saturated rings. The minimum atomic E-state index is -0.914. The Balaban J connectivity index is 1.70. The number of halogens is 1. The number of ether oxygens (including phenoxy) is 1. The van der Waals surface area contributed by atoms with Crippen LogP contribution < -0.4 is 10.1 Å². The Morgan fingerprint density at radius 3 is 2.66 bits per heavy atom. The Hall–Kier alpha value is -4.47. The molecule has 1 amide bonds. The number of furan rings is 1. The number of carbonyl (C=O) groups is 1. The van der Waals surface area contributed by atoms with Crippen LogP contribution in [0.2, 0.25) is 0 Å². The minimum Gasteiger partial charge on any atom is -0.467 e. The normalized spacial score (nSPS) is 10.7. The molecule has 2 aromatic heterocycles. The number of carbonyl (C=O) groups excluding carboxylic acids is 1. The Morgan fingerprint density at radius 1 is 1.22 bits per heavy atom. The second-order valence-corrected chi connectivity index (χ2v) is 6.76. The van der Waals surface area contributed by atoms with Crippen LogP contribution >= 0.6 is 0 Å². The molecule has 0 aliphatic carbocycles. The molecule has 2 heterocycles. The molecule has 10 heteroatoms. The van der Waals surface area contributed by atoms with E-state index in [-0.39, 0.29) is 23.9 Å². The summed E-state index contributed by atoms with van der Waals surface area (Å²) in [5, 5.41) is 18.0. The first-order chi connectivity index (χ1) is 15.4. The van der Waals surface area contributed by atoms with Crippen LogP contribution in [-0.2, 0) is 6.54 Å². The largest absolute Gasteiger partial charge is 0.467 e. The van der Waals surface area contributed by atoms with Gasteiger partial charge >= 0.3 is 0 Å². The number of nitrogens with one attached hydrogen (secondary N) is 1. The van der Waals surface area contributed by atoms with Crippen molar-refractivity contribution >= 4 is 11.6 Å². The average molecular weight is 436 g/mol. The fourth-order valence-electron chi connectivity index (χ4n) is 3.01. The van der Waals surface area contributed by atoms with Gasteiger partial charge in [-0.15, -0.1) is 0 Å². The van der Waals surface area contributed by atoms with Crippen LogP contribution in [0.3, 0.4) is 0 Å². The number of nitrogens with zero attached hydrogens (tertiary/aromatic N) is 3. The number of hydrogen-bond acceptors (Lipinski definition) is 6. The number of hydrogen-bond donors (Lipinski definition) is 1. The van der Waals surface area contributed by atoms with Crippen LogP contribution in [0.4, 0.5) is 10.1 Å². The highest BCUT2D eigenvalue weighted by Gasteiger charge is 2.24. The zero-order valence-corrected chi connectivity index (χ0v) is 16.8. The van der Waals surface area contributed by atoms with Gasteiger partial charge in [-0.2, -0.15) is 9.78 Å². The Kier molecular flexibility index (Phi) is 5.67. The molecule has 0 unspecified atom stereocenters. The maximum absolute atomic E-state index is 14.5. The summed E-state index contributed by atoms with van der Waals surface area (Å²) in [5.41, 5.74) is 0.625. The van der Waals surface area contributed by atoms with Crippen molar-refractivity contribution in [2.75, 3.05) is 0 Å². The lowest BCUT2D eigenvalue weighted by molar-refractivity contribution is -0.385. The van der Waals surface area contributed by atoms with Crippen molar-refractivity contribution in [3.05, 3.63) is 99.9 Å². The van der Waals surface area contributed by atoms with Crippen molar-refractivity contribution in [2.45, 2.75) is 13.5 Å². The smallest absolute Gasteiger partial charge is 0.272 e. The van der Waals surface area contributed by atoms with Crippen molar-refractivity contribution in [2.24, 2.45) is 0 Å². The molecule has 4 rings (SSSR count). The van der Waals surface area contributed by atoms with Gasteiger partial charge in [0.05, 0.1) is 29.5 Å². The molecule has 0 bridgehead atoms. The number of benzene rings is 2. The van der Waals surface area contributed by atoms with Gasteiger partial charge in [0, 0.05) is 11.6 Å². The van der Waals surface area contributed by atoms with Crippen LogP contribution in [0.15, 0.2) is 71.3 Å². The summed E-state index contributed by atoms with van der Waals surface area (Å²) in [7, 11) is 0. The first-order valence-electron chi connectivity index (χ1n) is 9.51. The molecular weight excluding hydrogens is 419 g/mol. The summed E-state index contributed by atoms with van der Waals surface area (Å²) in [6.07, 6.45) is 1.50. The lowest BCUT2D eigenvalue weighted by Gasteiger charge is -2.10. The van der Waals surface area contributed by atoms with Crippen LogP contribution in [0.25, 0.3) is 5.69 Å². The number of rotatable bonds is 7. The third-order valence-corrected chi connectivity index (χ3v) is 4.62. The molecule has 4 aromatic rings. The predicted octanol–water partition coefficient (Wildman–Crippen LogP) is 4.54. The summed E-state index contributed by atoms with van der Waals surface area (Å²) in [4.78, 5) is 22.9. The molecule has 0 radical (unpaired) electrons. The van der Waals surface area contributed by atoms with Crippen molar-refractivity contribution in [1.82, 2.24) is 15.1 Å². The van der Waals surface area contributed by atoms with Gasteiger partial charge in [0.25, 0.3) is 11.6 Å². The summed E-state index contributed by atoms with van der Waals surface area (Å²) in [6, 6.07) is 15.4. The maximum Gasteiger partial charge on any atom is 0.272 e. The summed E-state index contributed by atoms with van der Waals surface area (Å²) in [6.45, 7) is 1.78. The number of aromatic nitrogens is 2. The monoisotopic (exact) mass is 436 g/mol. The topological polar surface area (TPSA) is 112 Å². The second kappa shape index (κ2) is 8.72. The van der Waals surface area contributed by atoms with Gasteiger partial charge in [-0.25, -0.2) is 4.39 Å². The number of nitro groups is 1. The highest BCUT2D eigenvalue weighted by Crippen LogP contribution is 2.32. The fraction of sp³-hybridized carbons (Fsp3) is 0.0909. The van der Waals surface area contributed by atoms with E-state index in [2.05, 4.69) is 10.4 Å². The van der Waals surface area contributed by atoms with E-state index in [1.807, 2.05) is 6.07 Å². The molecule has 0 atom stereocenters. The van der Waals surface area contributed by atoms with Gasteiger partial charge < -0.3 is 14.5 Å². The van der Waals surface area contributed by atoms with Crippen molar-refractivity contribution in [1.29, 1.82) is 0 Å². The summed E-state index contributed by atoms with van der Waals surface area (Å²) in [5.74, 6) is -0.945. The molecule has 9 nitrogen and oxygen atoms in total. The zero-order valence-electron chi connectivity index (χ0n) is 16.8. The molecule has 1 N–H and O–H groups in total. The second-order valence-electron chi connectivity index (χ2n) is 6.76. The lowest BCUT2D eigenvalue weighted by atomic mass is 10.2. The third-order valence-electron chi connectivity index (χ3n) is 4.62. The molecule has 0 spiro atoms. The van der Waals surface area contributed by atoms with Crippen LogP contribution in [0.1, 0.15) is 21.8 Å². The van der Waals surface area contributed by atoms with E-state index in [1.54, 1.807) is 43.3 Å². The van der Waals surface area contributed by atoms with Crippen LogP contribution in [0.5, 0.6) is 11.6 Å². The van der Waals surface area contributed by atoms with Gasteiger partial charge in [-0.05, 0) is 37.3 Å².